The first-order valence-corrected chi connectivity index (χ1v) is 8.74. The third-order valence-electron chi connectivity index (χ3n) is 3.96. The van der Waals surface area contributed by atoms with Gasteiger partial charge >= 0.3 is 0 Å². The van der Waals surface area contributed by atoms with Crippen LogP contribution in [0.3, 0.4) is 0 Å². The molecule has 2 amide bonds. The number of benzene rings is 3. The molecule has 0 aromatic heterocycles. The summed E-state index contributed by atoms with van der Waals surface area (Å²) in [4.78, 5) is 24.0. The van der Waals surface area contributed by atoms with Crippen LogP contribution in [0, 0.1) is 0 Å². The lowest BCUT2D eigenvalue weighted by molar-refractivity contribution is -0.121. The van der Waals surface area contributed by atoms with E-state index in [1.54, 1.807) is 36.4 Å². The molecular weight excluding hydrogens is 356 g/mol. The highest BCUT2D eigenvalue weighted by molar-refractivity contribution is 5.95. The lowest BCUT2D eigenvalue weighted by Gasteiger charge is -2.09. The number of aromatic hydroxyl groups is 1. The van der Waals surface area contributed by atoms with Gasteiger partial charge in [0.05, 0.1) is 6.42 Å². The van der Waals surface area contributed by atoms with Crippen LogP contribution in [0.15, 0.2) is 78.9 Å². The molecular formula is C22H20N2O4. The van der Waals surface area contributed by atoms with Crippen molar-refractivity contribution < 1.29 is 19.4 Å². The van der Waals surface area contributed by atoms with Crippen LogP contribution in [-0.2, 0) is 17.8 Å². The van der Waals surface area contributed by atoms with Crippen LogP contribution in [-0.4, -0.2) is 16.9 Å². The molecule has 0 unspecified atom stereocenters. The first-order valence-electron chi connectivity index (χ1n) is 8.74. The predicted octanol–water partition coefficient (Wildman–Crippen LogP) is 2.97. The maximum Gasteiger partial charge on any atom is 0.269 e. The summed E-state index contributed by atoms with van der Waals surface area (Å²) in [5.41, 5.74) is 6.82. The molecule has 0 saturated heterocycles. The summed E-state index contributed by atoms with van der Waals surface area (Å²) >= 11 is 0. The molecule has 6 heteroatoms. The van der Waals surface area contributed by atoms with Gasteiger partial charge in [0, 0.05) is 5.56 Å². The van der Waals surface area contributed by atoms with E-state index in [0.717, 1.165) is 5.56 Å². The molecule has 0 saturated carbocycles. The topological polar surface area (TPSA) is 87.7 Å². The second-order valence-corrected chi connectivity index (χ2v) is 6.15. The fourth-order valence-corrected chi connectivity index (χ4v) is 2.54. The molecule has 3 N–H and O–H groups in total. The minimum atomic E-state index is -0.432. The van der Waals surface area contributed by atoms with Crippen LogP contribution in [0.2, 0.25) is 0 Å². The lowest BCUT2D eigenvalue weighted by atomic mass is 10.1. The third-order valence-corrected chi connectivity index (χ3v) is 3.96. The Balaban J connectivity index is 1.47. The lowest BCUT2D eigenvalue weighted by Crippen LogP contribution is -2.42. The minimum absolute atomic E-state index is 0.0426. The molecule has 3 rings (SSSR count). The highest BCUT2D eigenvalue weighted by Crippen LogP contribution is 2.14. The number of phenols is 1. The third kappa shape index (κ3) is 5.60. The smallest absolute Gasteiger partial charge is 0.269 e. The molecule has 0 aliphatic rings. The number of phenolic OH excluding ortho intramolecular Hbond substituents is 1. The van der Waals surface area contributed by atoms with Crippen molar-refractivity contribution >= 4 is 11.8 Å². The zero-order valence-electron chi connectivity index (χ0n) is 15.1. The fraction of sp³-hybridized carbons (Fsp3) is 0.0909. The number of nitrogens with one attached hydrogen (secondary N) is 2. The van der Waals surface area contributed by atoms with Crippen LogP contribution in [0.4, 0.5) is 0 Å². The van der Waals surface area contributed by atoms with E-state index in [4.69, 9.17) is 4.74 Å². The second kappa shape index (κ2) is 9.23. The maximum atomic E-state index is 12.1. The SMILES string of the molecule is O=C(Cc1cccc(O)c1)NNC(=O)c1ccc(OCc2ccccc2)cc1. The Hall–Kier alpha value is -3.80. The van der Waals surface area contributed by atoms with E-state index in [1.807, 2.05) is 30.3 Å². The monoisotopic (exact) mass is 376 g/mol. The van der Waals surface area contributed by atoms with Gasteiger partial charge in [-0.2, -0.15) is 0 Å². The van der Waals surface area contributed by atoms with E-state index in [-0.39, 0.29) is 18.1 Å². The molecule has 28 heavy (non-hydrogen) atoms. The van der Waals surface area contributed by atoms with Gasteiger partial charge in [-0.25, -0.2) is 0 Å². The van der Waals surface area contributed by atoms with Crippen molar-refractivity contribution in [3.8, 4) is 11.5 Å². The summed E-state index contributed by atoms with van der Waals surface area (Å²) in [6.45, 7) is 0.442. The van der Waals surface area contributed by atoms with Gasteiger partial charge in [-0.3, -0.25) is 20.4 Å². The van der Waals surface area contributed by atoms with Gasteiger partial charge in [0.15, 0.2) is 0 Å². The fourth-order valence-electron chi connectivity index (χ4n) is 2.54. The molecule has 0 radical (unpaired) electrons. The van der Waals surface area contributed by atoms with Gasteiger partial charge in [0.25, 0.3) is 5.91 Å². The summed E-state index contributed by atoms with van der Waals surface area (Å²) < 4.78 is 5.68. The summed E-state index contributed by atoms with van der Waals surface area (Å²) in [6.07, 6.45) is 0.0426. The normalized spacial score (nSPS) is 10.1. The van der Waals surface area contributed by atoms with Crippen molar-refractivity contribution in [1.29, 1.82) is 0 Å². The first-order chi connectivity index (χ1) is 13.6. The van der Waals surface area contributed by atoms with E-state index >= 15 is 0 Å². The maximum absolute atomic E-state index is 12.1. The average molecular weight is 376 g/mol. The van der Waals surface area contributed by atoms with Gasteiger partial charge in [0.2, 0.25) is 5.91 Å². The molecule has 0 aliphatic heterocycles. The van der Waals surface area contributed by atoms with Crippen LogP contribution in [0.1, 0.15) is 21.5 Å². The van der Waals surface area contributed by atoms with Crippen LogP contribution in [0.5, 0.6) is 11.5 Å². The Morgan fingerprint density at radius 3 is 2.25 bits per heavy atom. The Morgan fingerprint density at radius 2 is 1.54 bits per heavy atom. The largest absolute Gasteiger partial charge is 0.508 e. The zero-order valence-corrected chi connectivity index (χ0v) is 15.1. The van der Waals surface area contributed by atoms with Crippen molar-refractivity contribution in [3.05, 3.63) is 95.6 Å². The number of rotatable bonds is 6. The highest BCUT2D eigenvalue weighted by Gasteiger charge is 2.09. The average Bonchev–Trinajstić information content (AvgIpc) is 2.72. The number of amides is 2. The van der Waals surface area contributed by atoms with E-state index in [2.05, 4.69) is 10.9 Å². The Morgan fingerprint density at radius 1 is 0.821 bits per heavy atom. The molecule has 0 aliphatic carbocycles. The van der Waals surface area contributed by atoms with Gasteiger partial charge in [-0.1, -0.05) is 42.5 Å². The predicted molar refractivity (Wildman–Crippen MR) is 105 cm³/mol. The highest BCUT2D eigenvalue weighted by atomic mass is 16.5. The number of hydrogen-bond donors (Lipinski definition) is 3. The number of carbonyl (C=O) groups is 2. The van der Waals surface area contributed by atoms with Gasteiger partial charge in [-0.05, 0) is 47.5 Å². The van der Waals surface area contributed by atoms with E-state index in [1.165, 1.54) is 12.1 Å². The first kappa shape index (κ1) is 19.0. The molecule has 3 aromatic carbocycles. The van der Waals surface area contributed by atoms with Crippen LogP contribution >= 0.6 is 0 Å². The number of carbonyl (C=O) groups excluding carboxylic acids is 2. The molecule has 0 fully saturated rings. The summed E-state index contributed by atoms with van der Waals surface area (Å²) in [7, 11) is 0. The second-order valence-electron chi connectivity index (χ2n) is 6.15. The summed E-state index contributed by atoms with van der Waals surface area (Å²) in [5.74, 6) is -0.0853. The van der Waals surface area contributed by atoms with Crippen molar-refractivity contribution in [2.75, 3.05) is 0 Å². The Kier molecular flexibility index (Phi) is 6.25. The van der Waals surface area contributed by atoms with Crippen LogP contribution < -0.4 is 15.6 Å². The van der Waals surface area contributed by atoms with E-state index in [0.29, 0.717) is 23.5 Å². The van der Waals surface area contributed by atoms with Gasteiger partial charge in [-0.15, -0.1) is 0 Å². The number of hydrogen-bond acceptors (Lipinski definition) is 4. The number of hydrazine groups is 1. The number of ether oxygens (including phenoxy) is 1. The van der Waals surface area contributed by atoms with Crippen molar-refractivity contribution in [3.63, 3.8) is 0 Å². The van der Waals surface area contributed by atoms with Crippen molar-refractivity contribution in [1.82, 2.24) is 10.9 Å². The van der Waals surface area contributed by atoms with E-state index < -0.39 is 5.91 Å². The van der Waals surface area contributed by atoms with E-state index in [9.17, 15) is 14.7 Å². The molecule has 3 aromatic rings. The summed E-state index contributed by atoms with van der Waals surface area (Å²) in [5, 5.41) is 9.41. The van der Waals surface area contributed by atoms with Crippen molar-refractivity contribution in [2.24, 2.45) is 0 Å². The Labute approximate surface area is 162 Å². The quantitative estimate of drug-likeness (QED) is 0.577. The van der Waals surface area contributed by atoms with Gasteiger partial charge < -0.3 is 9.84 Å². The summed E-state index contributed by atoms with van der Waals surface area (Å²) in [6, 6.07) is 22.8. The standard InChI is InChI=1S/C22H20N2O4/c25-19-8-4-7-17(13-19)14-21(26)23-24-22(27)18-9-11-20(12-10-18)28-15-16-5-2-1-3-6-16/h1-13,25H,14-15H2,(H,23,26)(H,24,27). The molecule has 0 spiro atoms. The molecule has 0 atom stereocenters. The van der Waals surface area contributed by atoms with Gasteiger partial charge in [0.1, 0.15) is 18.1 Å². The molecule has 0 bridgehead atoms. The van der Waals surface area contributed by atoms with Crippen LogP contribution in [0.25, 0.3) is 0 Å². The Bertz CT molecular complexity index is 940. The minimum Gasteiger partial charge on any atom is -0.508 e. The molecule has 142 valence electrons. The molecule has 0 heterocycles. The zero-order chi connectivity index (χ0) is 19.8. The van der Waals surface area contributed by atoms with Crippen molar-refractivity contribution in [2.45, 2.75) is 13.0 Å². The molecule has 6 nitrogen and oxygen atoms in total.